The van der Waals surface area contributed by atoms with Crippen LogP contribution in [0, 0.1) is 5.41 Å². The van der Waals surface area contributed by atoms with Gasteiger partial charge in [-0.25, -0.2) is 0 Å². The average Bonchev–Trinajstić information content (AvgIpc) is 2.52. The van der Waals surface area contributed by atoms with Crippen LogP contribution in [0.25, 0.3) is 0 Å². The predicted octanol–water partition coefficient (Wildman–Crippen LogP) is 3.01. The highest BCUT2D eigenvalue weighted by Gasteiger charge is 2.44. The molecular formula is C14H19NO. The number of carbonyl (C=O) groups excluding carboxylic acids is 1. The molecule has 1 saturated heterocycles. The third-order valence-electron chi connectivity index (χ3n) is 3.44. The van der Waals surface area contributed by atoms with E-state index in [9.17, 15) is 4.79 Å². The molecule has 0 aromatic heterocycles. The summed E-state index contributed by atoms with van der Waals surface area (Å²) in [5.41, 5.74) is 1.04. The lowest BCUT2D eigenvalue weighted by Crippen LogP contribution is -2.31. The van der Waals surface area contributed by atoms with Crippen molar-refractivity contribution in [3.63, 3.8) is 0 Å². The lowest BCUT2D eigenvalue weighted by Gasteiger charge is -2.23. The van der Waals surface area contributed by atoms with Crippen LogP contribution in [-0.4, -0.2) is 17.4 Å². The van der Waals surface area contributed by atoms with E-state index in [1.54, 1.807) is 0 Å². The van der Waals surface area contributed by atoms with Crippen molar-refractivity contribution in [2.24, 2.45) is 5.41 Å². The van der Waals surface area contributed by atoms with E-state index in [0.29, 0.717) is 0 Å². The highest BCUT2D eigenvalue weighted by atomic mass is 16.2. The Balaban J connectivity index is 2.33. The van der Waals surface area contributed by atoms with Crippen molar-refractivity contribution in [1.29, 1.82) is 0 Å². The lowest BCUT2D eigenvalue weighted by molar-refractivity contribution is -0.135. The van der Waals surface area contributed by atoms with Crippen LogP contribution < -0.4 is 0 Å². The van der Waals surface area contributed by atoms with Gasteiger partial charge in [0.05, 0.1) is 6.04 Å². The van der Waals surface area contributed by atoms with Crippen LogP contribution in [0.3, 0.4) is 0 Å². The number of nitrogens with zero attached hydrogens (tertiary/aromatic N) is 1. The molecule has 0 spiro atoms. The van der Waals surface area contributed by atoms with Gasteiger partial charge in [-0.1, -0.05) is 44.2 Å². The van der Waals surface area contributed by atoms with Gasteiger partial charge in [-0.2, -0.15) is 0 Å². The molecule has 1 fully saturated rings. The van der Waals surface area contributed by atoms with Crippen molar-refractivity contribution in [3.8, 4) is 0 Å². The molecule has 1 aliphatic heterocycles. The molecule has 1 aromatic carbocycles. The fraction of sp³-hybridized carbons (Fsp3) is 0.500. The summed E-state index contributed by atoms with van der Waals surface area (Å²) in [4.78, 5) is 14.2. The zero-order valence-corrected chi connectivity index (χ0v) is 10.2. The Morgan fingerprint density at radius 2 is 1.94 bits per heavy atom. The molecule has 0 saturated carbocycles. The summed E-state index contributed by atoms with van der Waals surface area (Å²) in [5.74, 6) is 0.281. The molecule has 2 heteroatoms. The monoisotopic (exact) mass is 217 g/mol. The van der Waals surface area contributed by atoms with Crippen LogP contribution in [-0.2, 0) is 4.79 Å². The Labute approximate surface area is 97.3 Å². The molecule has 2 nitrogen and oxygen atoms in total. The van der Waals surface area contributed by atoms with Crippen LogP contribution in [0.15, 0.2) is 30.3 Å². The first-order valence-corrected chi connectivity index (χ1v) is 5.92. The molecule has 0 aliphatic carbocycles. The van der Waals surface area contributed by atoms with Gasteiger partial charge in [0.2, 0.25) is 5.91 Å². The normalized spacial score (nSPS) is 23.8. The molecule has 2 rings (SSSR count). The largest absolute Gasteiger partial charge is 0.335 e. The molecule has 0 radical (unpaired) electrons. The van der Waals surface area contributed by atoms with E-state index in [2.05, 4.69) is 19.1 Å². The summed E-state index contributed by atoms with van der Waals surface area (Å²) in [6.07, 6.45) is 0.920. The van der Waals surface area contributed by atoms with E-state index >= 15 is 0 Å². The summed E-state index contributed by atoms with van der Waals surface area (Å²) in [6, 6.07) is 10.6. The lowest BCUT2D eigenvalue weighted by atomic mass is 9.88. The van der Waals surface area contributed by atoms with E-state index in [4.69, 9.17) is 0 Å². The molecule has 0 N–H and O–H groups in total. The van der Waals surface area contributed by atoms with Crippen LogP contribution in [0.4, 0.5) is 0 Å². The zero-order chi connectivity index (χ0) is 11.8. The highest BCUT2D eigenvalue weighted by Crippen LogP contribution is 2.43. The summed E-state index contributed by atoms with van der Waals surface area (Å²) >= 11 is 0. The summed E-state index contributed by atoms with van der Waals surface area (Å²) < 4.78 is 0. The second-order valence-corrected chi connectivity index (χ2v) is 5.11. The Morgan fingerprint density at radius 3 is 2.50 bits per heavy atom. The molecular weight excluding hydrogens is 198 g/mol. The Hall–Kier alpha value is -1.31. The van der Waals surface area contributed by atoms with Crippen molar-refractivity contribution >= 4 is 5.91 Å². The minimum absolute atomic E-state index is 0.212. The van der Waals surface area contributed by atoms with E-state index in [0.717, 1.165) is 13.0 Å². The van der Waals surface area contributed by atoms with Gasteiger partial charge in [0.15, 0.2) is 0 Å². The van der Waals surface area contributed by atoms with Gasteiger partial charge in [0, 0.05) is 12.0 Å². The molecule has 0 unspecified atom stereocenters. The van der Waals surface area contributed by atoms with Crippen molar-refractivity contribution in [3.05, 3.63) is 35.9 Å². The average molecular weight is 217 g/mol. The van der Waals surface area contributed by atoms with E-state index < -0.39 is 0 Å². The highest BCUT2D eigenvalue weighted by molar-refractivity contribution is 5.84. The van der Waals surface area contributed by atoms with Crippen LogP contribution >= 0.6 is 0 Å². The standard InChI is InChI=1S/C14H19NO/c1-4-15-12(10-14(2,3)13(15)16)11-8-6-5-7-9-11/h5-9,12H,4,10H2,1-3H3/t12-/m1/s1. The Bertz CT molecular complexity index is 383. The predicted molar refractivity (Wildman–Crippen MR) is 65.0 cm³/mol. The fourth-order valence-electron chi connectivity index (χ4n) is 2.55. The molecule has 1 aromatic rings. The van der Waals surface area contributed by atoms with Crippen LogP contribution in [0.1, 0.15) is 38.8 Å². The number of benzene rings is 1. The molecule has 1 heterocycles. The first-order valence-electron chi connectivity index (χ1n) is 5.92. The molecule has 16 heavy (non-hydrogen) atoms. The maximum absolute atomic E-state index is 12.2. The third kappa shape index (κ3) is 1.73. The van der Waals surface area contributed by atoms with Crippen LogP contribution in [0.2, 0.25) is 0 Å². The van der Waals surface area contributed by atoms with Gasteiger partial charge >= 0.3 is 0 Å². The SMILES string of the molecule is CCN1C(=O)C(C)(C)C[C@@H]1c1ccccc1. The minimum atomic E-state index is -0.212. The molecule has 86 valence electrons. The first kappa shape index (κ1) is 11.2. The maximum Gasteiger partial charge on any atom is 0.228 e. The van der Waals surface area contributed by atoms with Crippen molar-refractivity contribution in [1.82, 2.24) is 4.90 Å². The second-order valence-electron chi connectivity index (χ2n) is 5.11. The van der Waals surface area contributed by atoms with Gasteiger partial charge in [0.1, 0.15) is 0 Å². The van der Waals surface area contributed by atoms with Gasteiger partial charge in [-0.05, 0) is 18.9 Å². The van der Waals surface area contributed by atoms with E-state index in [1.165, 1.54) is 5.56 Å². The quantitative estimate of drug-likeness (QED) is 0.745. The Kier molecular flexibility index (Phi) is 2.75. The van der Waals surface area contributed by atoms with Gasteiger partial charge < -0.3 is 4.90 Å². The number of rotatable bonds is 2. The number of hydrogen-bond acceptors (Lipinski definition) is 1. The summed E-state index contributed by atoms with van der Waals surface area (Å²) in [5, 5.41) is 0. The van der Waals surface area contributed by atoms with Gasteiger partial charge in [0.25, 0.3) is 0 Å². The van der Waals surface area contributed by atoms with Crippen molar-refractivity contribution in [2.45, 2.75) is 33.2 Å². The number of hydrogen-bond donors (Lipinski definition) is 0. The molecule has 1 amide bonds. The molecule has 1 atom stereocenters. The second kappa shape index (κ2) is 3.93. The van der Waals surface area contributed by atoms with E-state index in [1.807, 2.05) is 36.9 Å². The number of likely N-dealkylation sites (tertiary alicyclic amines) is 1. The third-order valence-corrected chi connectivity index (χ3v) is 3.44. The zero-order valence-electron chi connectivity index (χ0n) is 10.2. The topological polar surface area (TPSA) is 20.3 Å². The van der Waals surface area contributed by atoms with Gasteiger partial charge in [-0.15, -0.1) is 0 Å². The van der Waals surface area contributed by atoms with Crippen molar-refractivity contribution < 1.29 is 4.79 Å². The van der Waals surface area contributed by atoms with Crippen molar-refractivity contribution in [2.75, 3.05) is 6.54 Å². The number of amides is 1. The van der Waals surface area contributed by atoms with Crippen LogP contribution in [0.5, 0.6) is 0 Å². The summed E-state index contributed by atoms with van der Waals surface area (Å²) in [7, 11) is 0. The smallest absolute Gasteiger partial charge is 0.228 e. The maximum atomic E-state index is 12.2. The molecule has 0 bridgehead atoms. The fourth-order valence-corrected chi connectivity index (χ4v) is 2.55. The summed E-state index contributed by atoms with van der Waals surface area (Å²) in [6.45, 7) is 6.93. The molecule has 1 aliphatic rings. The van der Waals surface area contributed by atoms with Gasteiger partial charge in [-0.3, -0.25) is 4.79 Å². The Morgan fingerprint density at radius 1 is 1.31 bits per heavy atom. The van der Waals surface area contributed by atoms with E-state index in [-0.39, 0.29) is 17.4 Å². The minimum Gasteiger partial charge on any atom is -0.335 e. The number of carbonyl (C=O) groups is 1. The first-order chi connectivity index (χ1) is 7.56.